The first kappa shape index (κ1) is 17.7. The second-order valence-electron chi connectivity index (χ2n) is 7.20. The van der Waals surface area contributed by atoms with Crippen LogP contribution in [-0.2, 0) is 13.1 Å². The van der Waals surface area contributed by atoms with Crippen LogP contribution in [-0.4, -0.2) is 28.2 Å². The Labute approximate surface area is 160 Å². The average molecular weight is 363 g/mol. The quantitative estimate of drug-likeness (QED) is 0.588. The molecule has 3 aromatic rings. The van der Waals surface area contributed by atoms with E-state index in [0.29, 0.717) is 24.4 Å². The summed E-state index contributed by atoms with van der Waals surface area (Å²) in [5, 5.41) is 8.53. The first-order valence-electron chi connectivity index (χ1n) is 9.47. The molecule has 5 nitrogen and oxygen atoms in total. The fourth-order valence-corrected chi connectivity index (χ4v) is 3.38. The summed E-state index contributed by atoms with van der Waals surface area (Å²) in [6.07, 6.45) is 2.63. The van der Waals surface area contributed by atoms with E-state index in [0.717, 1.165) is 23.8 Å². The van der Waals surface area contributed by atoms with Crippen LogP contribution in [0.5, 0.6) is 5.75 Å². The molecule has 1 aliphatic rings. The van der Waals surface area contributed by atoms with Gasteiger partial charge in [0, 0.05) is 18.2 Å². The van der Waals surface area contributed by atoms with Gasteiger partial charge in [-0.3, -0.25) is 4.90 Å². The maximum atomic E-state index is 5.96. The van der Waals surface area contributed by atoms with Crippen LogP contribution < -0.4 is 4.74 Å². The minimum Gasteiger partial charge on any atom is -0.497 e. The highest BCUT2D eigenvalue weighted by molar-refractivity contribution is 5.53. The number of hydrogen-bond donors (Lipinski definition) is 0. The molecule has 0 amide bonds. The molecule has 0 aliphatic heterocycles. The van der Waals surface area contributed by atoms with E-state index >= 15 is 0 Å². The van der Waals surface area contributed by atoms with Crippen LogP contribution in [0.4, 0.5) is 0 Å². The number of rotatable bonds is 8. The van der Waals surface area contributed by atoms with Gasteiger partial charge in [-0.1, -0.05) is 30.3 Å². The van der Waals surface area contributed by atoms with E-state index in [4.69, 9.17) is 9.15 Å². The van der Waals surface area contributed by atoms with Crippen molar-refractivity contribution in [3.8, 4) is 17.2 Å². The van der Waals surface area contributed by atoms with Crippen LogP contribution >= 0.6 is 0 Å². The number of benzene rings is 2. The van der Waals surface area contributed by atoms with Crippen molar-refractivity contribution in [2.24, 2.45) is 5.92 Å². The van der Waals surface area contributed by atoms with Gasteiger partial charge in [0.15, 0.2) is 0 Å². The molecule has 2 aromatic carbocycles. The molecule has 1 fully saturated rings. The molecule has 4 rings (SSSR count). The van der Waals surface area contributed by atoms with E-state index in [1.807, 2.05) is 24.3 Å². The molecule has 0 unspecified atom stereocenters. The molecule has 0 spiro atoms. The van der Waals surface area contributed by atoms with Gasteiger partial charge in [0.25, 0.3) is 0 Å². The van der Waals surface area contributed by atoms with Gasteiger partial charge in [-0.2, -0.15) is 0 Å². The van der Waals surface area contributed by atoms with Crippen molar-refractivity contribution in [1.29, 1.82) is 0 Å². The molecule has 0 N–H and O–H groups in total. The predicted molar refractivity (Wildman–Crippen MR) is 104 cm³/mol. The standard InChI is InChI=1S/C22H25N3O2/c1-16(18-8-9-18)25(14-17-6-4-3-5-7-17)15-21-23-24-22(27-21)19-10-12-20(26-2)13-11-19/h3-7,10-13,16,18H,8-9,14-15H2,1-2H3/t16-/m1/s1. The van der Waals surface area contributed by atoms with Crippen LogP contribution in [0.2, 0.25) is 0 Å². The van der Waals surface area contributed by atoms with Gasteiger partial charge in [0.2, 0.25) is 11.8 Å². The summed E-state index contributed by atoms with van der Waals surface area (Å²) in [7, 11) is 1.65. The zero-order valence-corrected chi connectivity index (χ0v) is 15.8. The Balaban J connectivity index is 1.49. The lowest BCUT2D eigenvalue weighted by molar-refractivity contribution is 0.156. The number of hydrogen-bond acceptors (Lipinski definition) is 5. The lowest BCUT2D eigenvalue weighted by Gasteiger charge is -2.28. The minimum absolute atomic E-state index is 0.501. The Morgan fingerprint density at radius 2 is 1.78 bits per heavy atom. The molecule has 0 saturated heterocycles. The van der Waals surface area contributed by atoms with Crippen LogP contribution in [0.1, 0.15) is 31.2 Å². The van der Waals surface area contributed by atoms with Crippen LogP contribution in [0, 0.1) is 5.92 Å². The summed E-state index contributed by atoms with van der Waals surface area (Å²) in [4.78, 5) is 2.44. The lowest BCUT2D eigenvalue weighted by atomic mass is 10.1. The van der Waals surface area contributed by atoms with Gasteiger partial charge in [-0.25, -0.2) is 0 Å². The van der Waals surface area contributed by atoms with Gasteiger partial charge < -0.3 is 9.15 Å². The number of ether oxygens (including phenoxy) is 1. The van der Waals surface area contributed by atoms with Crippen LogP contribution in [0.25, 0.3) is 11.5 Å². The summed E-state index contributed by atoms with van der Waals surface area (Å²) in [5.74, 6) is 2.79. The maximum absolute atomic E-state index is 5.96. The third-order valence-electron chi connectivity index (χ3n) is 5.25. The normalized spacial score (nSPS) is 15.1. The summed E-state index contributed by atoms with van der Waals surface area (Å²) < 4.78 is 11.2. The summed E-state index contributed by atoms with van der Waals surface area (Å²) >= 11 is 0. The smallest absolute Gasteiger partial charge is 0.247 e. The Morgan fingerprint density at radius 3 is 2.44 bits per heavy atom. The predicted octanol–water partition coefficient (Wildman–Crippen LogP) is 4.55. The van der Waals surface area contributed by atoms with Gasteiger partial charge in [0.1, 0.15) is 5.75 Å². The molecule has 1 heterocycles. The SMILES string of the molecule is COc1ccc(-c2nnc(CN(Cc3ccccc3)[C@H](C)C3CC3)o2)cc1. The van der Waals surface area contributed by atoms with E-state index < -0.39 is 0 Å². The molecule has 5 heteroatoms. The first-order valence-corrected chi connectivity index (χ1v) is 9.47. The molecule has 1 saturated carbocycles. The third kappa shape index (κ3) is 4.37. The topological polar surface area (TPSA) is 51.4 Å². The van der Waals surface area contributed by atoms with Crippen molar-refractivity contribution in [2.45, 2.75) is 38.9 Å². The van der Waals surface area contributed by atoms with Crippen molar-refractivity contribution in [3.63, 3.8) is 0 Å². The molecule has 27 heavy (non-hydrogen) atoms. The first-order chi connectivity index (χ1) is 13.2. The van der Waals surface area contributed by atoms with E-state index in [-0.39, 0.29) is 0 Å². The number of nitrogens with zero attached hydrogens (tertiary/aromatic N) is 3. The average Bonchev–Trinajstić information content (AvgIpc) is 3.46. The van der Waals surface area contributed by atoms with Crippen molar-refractivity contribution >= 4 is 0 Å². The summed E-state index contributed by atoms with van der Waals surface area (Å²) in [5.41, 5.74) is 2.21. The fourth-order valence-electron chi connectivity index (χ4n) is 3.38. The van der Waals surface area contributed by atoms with Crippen molar-refractivity contribution < 1.29 is 9.15 Å². The fraction of sp³-hybridized carbons (Fsp3) is 0.364. The van der Waals surface area contributed by atoms with Gasteiger partial charge in [-0.05, 0) is 55.5 Å². The second kappa shape index (κ2) is 7.92. The van der Waals surface area contributed by atoms with Gasteiger partial charge in [-0.15, -0.1) is 10.2 Å². The monoisotopic (exact) mass is 363 g/mol. The molecule has 0 radical (unpaired) electrons. The summed E-state index contributed by atoms with van der Waals surface area (Å²) in [6.45, 7) is 3.86. The molecular weight excluding hydrogens is 338 g/mol. The van der Waals surface area contributed by atoms with Crippen LogP contribution in [0.15, 0.2) is 59.0 Å². The Bertz CT molecular complexity index is 857. The minimum atomic E-state index is 0.501. The van der Waals surface area contributed by atoms with E-state index in [2.05, 4.69) is 52.4 Å². The Hall–Kier alpha value is -2.66. The highest BCUT2D eigenvalue weighted by Crippen LogP contribution is 2.36. The molecular formula is C22H25N3O2. The number of methoxy groups -OCH3 is 1. The highest BCUT2D eigenvalue weighted by atomic mass is 16.5. The lowest BCUT2D eigenvalue weighted by Crippen LogP contribution is -2.33. The van der Waals surface area contributed by atoms with E-state index in [9.17, 15) is 0 Å². The van der Waals surface area contributed by atoms with Crippen LogP contribution in [0.3, 0.4) is 0 Å². The Kier molecular flexibility index (Phi) is 5.21. The largest absolute Gasteiger partial charge is 0.497 e. The zero-order valence-electron chi connectivity index (χ0n) is 15.8. The van der Waals surface area contributed by atoms with Crippen molar-refractivity contribution in [3.05, 3.63) is 66.1 Å². The maximum Gasteiger partial charge on any atom is 0.247 e. The molecule has 0 bridgehead atoms. The molecule has 1 aromatic heterocycles. The van der Waals surface area contributed by atoms with E-state index in [1.54, 1.807) is 7.11 Å². The highest BCUT2D eigenvalue weighted by Gasteiger charge is 2.32. The van der Waals surface area contributed by atoms with Gasteiger partial charge in [0.05, 0.1) is 13.7 Å². The molecule has 1 aliphatic carbocycles. The Morgan fingerprint density at radius 1 is 1.04 bits per heavy atom. The van der Waals surface area contributed by atoms with Crippen molar-refractivity contribution in [2.75, 3.05) is 7.11 Å². The van der Waals surface area contributed by atoms with Crippen molar-refractivity contribution in [1.82, 2.24) is 15.1 Å². The summed E-state index contributed by atoms with van der Waals surface area (Å²) in [6, 6.07) is 18.7. The zero-order chi connectivity index (χ0) is 18.6. The third-order valence-corrected chi connectivity index (χ3v) is 5.25. The molecule has 1 atom stereocenters. The van der Waals surface area contributed by atoms with Gasteiger partial charge >= 0.3 is 0 Å². The molecule has 140 valence electrons. The number of aromatic nitrogens is 2. The van der Waals surface area contributed by atoms with E-state index in [1.165, 1.54) is 18.4 Å². The second-order valence-corrected chi connectivity index (χ2v) is 7.20.